The van der Waals surface area contributed by atoms with E-state index in [0.29, 0.717) is 5.92 Å². The summed E-state index contributed by atoms with van der Waals surface area (Å²) in [4.78, 5) is 0. The van der Waals surface area contributed by atoms with Crippen molar-refractivity contribution in [1.29, 1.82) is 0 Å². The van der Waals surface area contributed by atoms with E-state index in [1.165, 1.54) is 6.42 Å². The molecule has 5 aliphatic carbocycles. The Kier molecular flexibility index (Phi) is 4.92. The number of ether oxygens (including phenoxy) is 1. The van der Waals surface area contributed by atoms with E-state index in [1.54, 1.807) is 0 Å². The predicted octanol–water partition coefficient (Wildman–Crippen LogP) is 4.44. The maximum atomic E-state index is 11.7. The second kappa shape index (κ2) is 6.86. The Morgan fingerprint density at radius 1 is 0.771 bits per heavy atom. The van der Waals surface area contributed by atoms with E-state index in [-0.39, 0.29) is 51.1 Å². The summed E-state index contributed by atoms with van der Waals surface area (Å²) in [5.41, 5.74) is -1.35. The largest absolute Gasteiger partial charge is 0.393 e. The highest BCUT2D eigenvalue weighted by Gasteiger charge is 2.84. The molecule has 4 N–H and O–H groups in total. The quantitative estimate of drug-likeness (QED) is 0.460. The molecule has 0 aromatic carbocycles. The molecular weight excluding hydrogens is 440 g/mol. The average Bonchev–Trinajstić information content (AvgIpc) is 3.08. The van der Waals surface area contributed by atoms with Crippen molar-refractivity contribution in [2.24, 2.45) is 44.8 Å². The van der Waals surface area contributed by atoms with Gasteiger partial charge in [-0.25, -0.2) is 0 Å². The third-order valence-electron chi connectivity index (χ3n) is 13.8. The van der Waals surface area contributed by atoms with Crippen molar-refractivity contribution in [1.82, 2.24) is 0 Å². The van der Waals surface area contributed by atoms with Gasteiger partial charge in [0.05, 0.1) is 35.6 Å². The minimum Gasteiger partial charge on any atom is -0.393 e. The molecule has 1 saturated heterocycles. The standard InChI is InChI=1S/C30H50O5/c1-24(2)20(33)8-11-30-16-29(30)13-12-26(5)23(28(7)10-9-21(35-28)25(3,4)34)18(32)15-27(26,6)19(29)14-17(31)22(24)30/h17-23,31-34H,8-16H2,1-7H3/t17?,18-,19-,20-,21?,22-,23-,26+,27-,28+,29-,30+/m0/s1. The summed E-state index contributed by atoms with van der Waals surface area (Å²) < 4.78 is 6.66. The van der Waals surface area contributed by atoms with Gasteiger partial charge in [0.2, 0.25) is 0 Å². The number of fused-ring (bicyclic) bond motifs is 2. The smallest absolute Gasteiger partial charge is 0.0865 e. The van der Waals surface area contributed by atoms with Crippen LogP contribution in [0.15, 0.2) is 0 Å². The van der Waals surface area contributed by atoms with Crippen LogP contribution >= 0.6 is 0 Å². The third-order valence-corrected chi connectivity index (χ3v) is 13.8. The van der Waals surface area contributed by atoms with E-state index in [9.17, 15) is 20.4 Å². The Morgan fingerprint density at radius 3 is 2.09 bits per heavy atom. The van der Waals surface area contributed by atoms with Gasteiger partial charge in [-0.3, -0.25) is 0 Å². The van der Waals surface area contributed by atoms with Crippen LogP contribution in [0.2, 0.25) is 0 Å². The van der Waals surface area contributed by atoms with Crippen molar-refractivity contribution in [3.63, 3.8) is 0 Å². The van der Waals surface area contributed by atoms with Gasteiger partial charge in [-0.15, -0.1) is 0 Å². The molecule has 6 fully saturated rings. The van der Waals surface area contributed by atoms with E-state index in [4.69, 9.17) is 4.74 Å². The molecule has 5 nitrogen and oxygen atoms in total. The van der Waals surface area contributed by atoms with Crippen molar-refractivity contribution in [2.75, 3.05) is 0 Å². The summed E-state index contributed by atoms with van der Waals surface area (Å²) in [6.07, 6.45) is 7.18. The molecule has 0 aromatic rings. The SMILES string of the molecule is CC(C)(O)C1CC[C@](C)([C@H]2[C@@H](O)C[C@@]3(C)[C@@H]4CC(O)[C@H]5C(C)(C)[C@@H](O)CC[C@@]56C[C@@]46CC[C@]23C)O1. The molecule has 6 aliphatic rings. The van der Waals surface area contributed by atoms with Crippen LogP contribution in [-0.4, -0.2) is 56.0 Å². The minimum absolute atomic E-state index is 0.0267. The van der Waals surface area contributed by atoms with Crippen LogP contribution < -0.4 is 0 Å². The lowest BCUT2D eigenvalue weighted by Crippen LogP contribution is -2.62. The van der Waals surface area contributed by atoms with Crippen molar-refractivity contribution >= 4 is 0 Å². The van der Waals surface area contributed by atoms with Crippen LogP contribution in [0, 0.1) is 44.8 Å². The predicted molar refractivity (Wildman–Crippen MR) is 134 cm³/mol. The Morgan fingerprint density at radius 2 is 1.46 bits per heavy atom. The van der Waals surface area contributed by atoms with E-state index in [0.717, 1.165) is 51.4 Å². The lowest BCUT2D eigenvalue weighted by atomic mass is 9.41. The molecule has 0 radical (unpaired) electrons. The lowest BCUT2D eigenvalue weighted by Gasteiger charge is -2.64. The van der Waals surface area contributed by atoms with Gasteiger partial charge in [0.15, 0.2) is 0 Å². The van der Waals surface area contributed by atoms with Crippen molar-refractivity contribution in [3.8, 4) is 0 Å². The number of aliphatic hydroxyl groups excluding tert-OH is 3. The van der Waals surface area contributed by atoms with Gasteiger partial charge in [0.1, 0.15) is 0 Å². The van der Waals surface area contributed by atoms with Crippen LogP contribution in [0.25, 0.3) is 0 Å². The molecule has 12 atom stereocenters. The molecule has 1 aliphatic heterocycles. The number of hydrogen-bond donors (Lipinski definition) is 4. The van der Waals surface area contributed by atoms with Crippen LogP contribution in [0.3, 0.4) is 0 Å². The summed E-state index contributed by atoms with van der Waals surface area (Å²) in [6.45, 7) is 15.0. The highest BCUT2D eigenvalue weighted by Crippen LogP contribution is 2.89. The zero-order chi connectivity index (χ0) is 25.6. The first-order valence-corrected chi connectivity index (χ1v) is 14.4. The van der Waals surface area contributed by atoms with Crippen LogP contribution in [0.4, 0.5) is 0 Å². The second-order valence-corrected chi connectivity index (χ2v) is 15.9. The molecule has 6 rings (SSSR count). The molecule has 5 heteroatoms. The monoisotopic (exact) mass is 490 g/mol. The van der Waals surface area contributed by atoms with Crippen molar-refractivity contribution in [2.45, 2.75) is 142 Å². The van der Waals surface area contributed by atoms with Crippen LogP contribution in [-0.2, 0) is 4.74 Å². The zero-order valence-corrected chi connectivity index (χ0v) is 23.1. The molecule has 200 valence electrons. The van der Waals surface area contributed by atoms with Gasteiger partial charge in [-0.05, 0) is 117 Å². The number of rotatable bonds is 2. The summed E-state index contributed by atoms with van der Waals surface area (Å²) in [7, 11) is 0. The highest BCUT2D eigenvalue weighted by molar-refractivity contribution is 5.33. The molecule has 5 saturated carbocycles. The van der Waals surface area contributed by atoms with Gasteiger partial charge in [-0.1, -0.05) is 27.7 Å². The van der Waals surface area contributed by atoms with Crippen LogP contribution in [0.5, 0.6) is 0 Å². The van der Waals surface area contributed by atoms with Gasteiger partial charge < -0.3 is 25.2 Å². The molecule has 0 bridgehead atoms. The van der Waals surface area contributed by atoms with E-state index in [1.807, 2.05) is 13.8 Å². The van der Waals surface area contributed by atoms with Gasteiger partial charge in [0, 0.05) is 5.92 Å². The maximum absolute atomic E-state index is 11.7. The highest BCUT2D eigenvalue weighted by atomic mass is 16.5. The Labute approximate surface area is 212 Å². The van der Waals surface area contributed by atoms with Gasteiger partial charge in [0.25, 0.3) is 0 Å². The van der Waals surface area contributed by atoms with Crippen molar-refractivity contribution < 1.29 is 25.2 Å². The van der Waals surface area contributed by atoms with E-state index in [2.05, 4.69) is 34.6 Å². The molecule has 2 spiro atoms. The normalized spacial score (nSPS) is 60.9. The topological polar surface area (TPSA) is 90.2 Å². The lowest BCUT2D eigenvalue weighted by molar-refractivity contribution is -0.213. The number of hydrogen-bond acceptors (Lipinski definition) is 5. The first kappa shape index (κ1) is 25.1. The average molecular weight is 491 g/mol. The fourth-order valence-electron chi connectivity index (χ4n) is 12.1. The Hall–Kier alpha value is -0.200. The second-order valence-electron chi connectivity index (χ2n) is 15.9. The van der Waals surface area contributed by atoms with Gasteiger partial charge in [-0.2, -0.15) is 0 Å². The Balaban J connectivity index is 1.37. The fraction of sp³-hybridized carbons (Fsp3) is 1.00. The van der Waals surface area contributed by atoms with Crippen molar-refractivity contribution in [3.05, 3.63) is 0 Å². The fourth-order valence-corrected chi connectivity index (χ4v) is 12.1. The first-order chi connectivity index (χ1) is 16.0. The third kappa shape index (κ3) is 2.78. The van der Waals surface area contributed by atoms with E-state index >= 15 is 0 Å². The molecule has 0 amide bonds. The summed E-state index contributed by atoms with van der Waals surface area (Å²) in [5, 5.41) is 45.0. The zero-order valence-electron chi connectivity index (χ0n) is 23.1. The molecule has 35 heavy (non-hydrogen) atoms. The number of aliphatic hydroxyl groups is 4. The summed E-state index contributed by atoms with van der Waals surface area (Å²) >= 11 is 0. The summed E-state index contributed by atoms with van der Waals surface area (Å²) in [6, 6.07) is 0. The summed E-state index contributed by atoms with van der Waals surface area (Å²) in [5.74, 6) is 0.577. The maximum Gasteiger partial charge on any atom is 0.0865 e. The minimum atomic E-state index is -0.886. The Bertz CT molecular complexity index is 911. The first-order valence-electron chi connectivity index (χ1n) is 14.4. The van der Waals surface area contributed by atoms with Crippen LogP contribution in [0.1, 0.15) is 106 Å². The molecule has 0 aromatic heterocycles. The van der Waals surface area contributed by atoms with Gasteiger partial charge >= 0.3 is 0 Å². The van der Waals surface area contributed by atoms with E-state index < -0.39 is 23.4 Å². The molecule has 1 heterocycles. The molecular formula is C30H50O5. The molecule has 2 unspecified atom stereocenters.